The molecule has 3 nitrogen and oxygen atoms in total. The van der Waals surface area contributed by atoms with Gasteiger partial charge in [0.15, 0.2) is 0 Å². The van der Waals surface area contributed by atoms with Crippen LogP contribution in [-0.2, 0) is 4.74 Å². The Hall–Kier alpha value is 0.01000. The molecular weight excluding hydrogens is 189 g/mol. The minimum atomic E-state index is -0.723. The van der Waals surface area contributed by atoms with Crippen molar-refractivity contribution < 1.29 is 9.53 Å². The summed E-state index contributed by atoms with van der Waals surface area (Å²) in [7, 11) is 3.92. The molecule has 11 heavy (non-hydrogen) atoms. The minimum Gasteiger partial charge on any atom is -0.454 e. The van der Waals surface area contributed by atoms with Crippen LogP contribution in [-0.4, -0.2) is 37.6 Å². The zero-order chi connectivity index (χ0) is 7.98. The summed E-state index contributed by atoms with van der Waals surface area (Å²) < 4.78 is 4.49. The Morgan fingerprint density at radius 1 is 1.55 bits per heavy atom. The van der Waals surface area contributed by atoms with Crippen LogP contribution >= 0.6 is 24.0 Å². The normalized spacial score (nSPS) is 9.09. The SMILES string of the molecule is CN(C)CCCOC(=O)Cl.Cl. The number of hydrogen-bond donors (Lipinski definition) is 0. The van der Waals surface area contributed by atoms with Crippen molar-refractivity contribution in [2.45, 2.75) is 6.42 Å². The van der Waals surface area contributed by atoms with Crippen LogP contribution in [0.2, 0.25) is 0 Å². The Kier molecular flexibility index (Phi) is 10.0. The Bertz CT molecular complexity index is 109. The predicted octanol–water partition coefficient (Wildman–Crippen LogP) is 1.74. The highest BCUT2D eigenvalue weighted by Crippen LogP contribution is 1.90. The maximum absolute atomic E-state index is 10.0. The Labute approximate surface area is 78.1 Å². The van der Waals surface area contributed by atoms with Gasteiger partial charge in [-0.2, -0.15) is 0 Å². The maximum Gasteiger partial charge on any atom is 0.403 e. The van der Waals surface area contributed by atoms with Crippen LogP contribution in [0.25, 0.3) is 0 Å². The van der Waals surface area contributed by atoms with Gasteiger partial charge in [-0.25, -0.2) is 4.79 Å². The van der Waals surface area contributed by atoms with Crippen molar-refractivity contribution in [3.63, 3.8) is 0 Å². The highest BCUT2D eigenvalue weighted by Gasteiger charge is 1.94. The first-order chi connectivity index (χ1) is 4.63. The summed E-state index contributed by atoms with van der Waals surface area (Å²) in [6, 6.07) is 0. The van der Waals surface area contributed by atoms with Crippen molar-refractivity contribution in [1.29, 1.82) is 0 Å². The molecule has 0 radical (unpaired) electrons. The number of nitrogens with zero attached hydrogens (tertiary/aromatic N) is 1. The lowest BCUT2D eigenvalue weighted by Gasteiger charge is -2.07. The van der Waals surface area contributed by atoms with Crippen molar-refractivity contribution in [3.05, 3.63) is 0 Å². The van der Waals surface area contributed by atoms with Gasteiger partial charge in [0.05, 0.1) is 6.61 Å². The highest BCUT2D eigenvalue weighted by molar-refractivity contribution is 6.61. The summed E-state index contributed by atoms with van der Waals surface area (Å²) in [6.07, 6.45) is 0.825. The number of carbonyl (C=O) groups excluding carboxylic acids is 1. The third-order valence-electron chi connectivity index (χ3n) is 0.965. The van der Waals surface area contributed by atoms with Crippen LogP contribution in [0, 0.1) is 0 Å². The number of carbonyl (C=O) groups is 1. The van der Waals surface area contributed by atoms with Crippen molar-refractivity contribution in [1.82, 2.24) is 4.90 Å². The van der Waals surface area contributed by atoms with Crippen LogP contribution in [0.15, 0.2) is 0 Å². The first kappa shape index (κ1) is 13.6. The third-order valence-corrected chi connectivity index (χ3v) is 1.07. The molecule has 0 heterocycles. The average molecular weight is 202 g/mol. The number of halogens is 2. The molecule has 0 unspecified atom stereocenters. The molecule has 0 aromatic carbocycles. The summed E-state index contributed by atoms with van der Waals surface area (Å²) in [5, 5.41) is 0. The van der Waals surface area contributed by atoms with E-state index in [9.17, 15) is 4.79 Å². The lowest BCUT2D eigenvalue weighted by atomic mass is 10.4. The quantitative estimate of drug-likeness (QED) is 0.513. The molecular formula is C6H13Cl2NO2. The van der Waals surface area contributed by atoms with Gasteiger partial charge in [0.2, 0.25) is 0 Å². The van der Waals surface area contributed by atoms with E-state index < -0.39 is 5.43 Å². The second kappa shape index (κ2) is 8.11. The molecule has 5 heteroatoms. The van der Waals surface area contributed by atoms with Gasteiger partial charge in [0.1, 0.15) is 0 Å². The van der Waals surface area contributed by atoms with E-state index in [2.05, 4.69) is 4.74 Å². The van der Waals surface area contributed by atoms with E-state index in [1.165, 1.54) is 0 Å². The van der Waals surface area contributed by atoms with Crippen LogP contribution in [0.4, 0.5) is 4.79 Å². The maximum atomic E-state index is 10.0. The first-order valence-electron chi connectivity index (χ1n) is 3.10. The fraction of sp³-hybridized carbons (Fsp3) is 0.833. The van der Waals surface area contributed by atoms with Crippen LogP contribution in [0.3, 0.4) is 0 Å². The third kappa shape index (κ3) is 13.1. The summed E-state index contributed by atoms with van der Waals surface area (Å²) in [5.41, 5.74) is -0.723. The highest BCUT2D eigenvalue weighted by atomic mass is 35.5. The van der Waals surface area contributed by atoms with Gasteiger partial charge in [-0.3, -0.25) is 0 Å². The van der Waals surface area contributed by atoms with Crippen molar-refractivity contribution in [3.8, 4) is 0 Å². The fourth-order valence-corrected chi connectivity index (χ4v) is 0.610. The molecule has 68 valence electrons. The number of rotatable bonds is 4. The molecule has 0 aliphatic carbocycles. The molecule has 0 saturated heterocycles. The van der Waals surface area contributed by atoms with Crippen LogP contribution in [0.1, 0.15) is 6.42 Å². The molecule has 0 aliphatic heterocycles. The molecule has 0 saturated carbocycles. The largest absolute Gasteiger partial charge is 0.454 e. The lowest BCUT2D eigenvalue weighted by Crippen LogP contribution is -2.15. The van der Waals surface area contributed by atoms with Gasteiger partial charge in [0.25, 0.3) is 0 Å². The van der Waals surface area contributed by atoms with E-state index in [-0.39, 0.29) is 12.4 Å². The predicted molar refractivity (Wildman–Crippen MR) is 47.6 cm³/mol. The van der Waals surface area contributed by atoms with Crippen LogP contribution < -0.4 is 0 Å². The molecule has 0 spiro atoms. The topological polar surface area (TPSA) is 29.5 Å². The Morgan fingerprint density at radius 2 is 2.09 bits per heavy atom. The van der Waals surface area contributed by atoms with E-state index in [1.54, 1.807) is 0 Å². The second-order valence-electron chi connectivity index (χ2n) is 2.24. The lowest BCUT2D eigenvalue weighted by molar-refractivity contribution is 0.168. The zero-order valence-electron chi connectivity index (χ0n) is 6.67. The number of ether oxygens (including phenoxy) is 1. The average Bonchev–Trinajstić information content (AvgIpc) is 1.79. The summed E-state index contributed by atoms with van der Waals surface area (Å²) in [6.45, 7) is 1.31. The van der Waals surface area contributed by atoms with E-state index in [0.717, 1.165) is 13.0 Å². The standard InChI is InChI=1S/C6H12ClNO2.ClH/c1-8(2)4-3-5-10-6(7)9;/h3-5H2,1-2H3;1H. The number of hydrogen-bond acceptors (Lipinski definition) is 3. The van der Waals surface area contributed by atoms with Gasteiger partial charge in [-0.15, -0.1) is 12.4 Å². The molecule has 0 fully saturated rings. The Morgan fingerprint density at radius 3 is 2.45 bits per heavy atom. The van der Waals surface area contributed by atoms with Gasteiger partial charge >= 0.3 is 5.43 Å². The van der Waals surface area contributed by atoms with Gasteiger partial charge in [-0.05, 0) is 20.5 Å². The van der Waals surface area contributed by atoms with E-state index in [0.29, 0.717) is 6.61 Å². The van der Waals surface area contributed by atoms with Gasteiger partial charge in [0, 0.05) is 18.1 Å². The molecule has 0 bridgehead atoms. The monoisotopic (exact) mass is 201 g/mol. The molecule has 0 rings (SSSR count). The van der Waals surface area contributed by atoms with Crippen LogP contribution in [0.5, 0.6) is 0 Å². The minimum absolute atomic E-state index is 0. The molecule has 0 N–H and O–H groups in total. The molecule has 0 atom stereocenters. The van der Waals surface area contributed by atoms with Crippen molar-refractivity contribution >= 4 is 29.4 Å². The summed E-state index contributed by atoms with van der Waals surface area (Å²) >= 11 is 4.92. The van der Waals surface area contributed by atoms with Gasteiger partial charge < -0.3 is 9.64 Å². The van der Waals surface area contributed by atoms with Crippen molar-refractivity contribution in [2.75, 3.05) is 27.2 Å². The molecule has 0 aromatic rings. The summed E-state index contributed by atoms with van der Waals surface area (Å²) in [4.78, 5) is 12.0. The van der Waals surface area contributed by atoms with E-state index >= 15 is 0 Å². The van der Waals surface area contributed by atoms with E-state index in [4.69, 9.17) is 11.6 Å². The molecule has 0 amide bonds. The Balaban J connectivity index is 0. The zero-order valence-corrected chi connectivity index (χ0v) is 8.24. The first-order valence-corrected chi connectivity index (χ1v) is 3.47. The fourth-order valence-electron chi connectivity index (χ4n) is 0.533. The second-order valence-corrected chi connectivity index (χ2v) is 2.55. The van der Waals surface area contributed by atoms with Gasteiger partial charge in [-0.1, -0.05) is 0 Å². The molecule has 0 aromatic heterocycles. The van der Waals surface area contributed by atoms with E-state index in [1.807, 2.05) is 19.0 Å². The molecule has 0 aliphatic rings. The van der Waals surface area contributed by atoms with Crippen molar-refractivity contribution in [2.24, 2.45) is 0 Å². The smallest absolute Gasteiger partial charge is 0.403 e. The summed E-state index contributed by atoms with van der Waals surface area (Å²) in [5.74, 6) is 0.